The number of nitrogens with zero attached hydrogens (tertiary/aromatic N) is 1. The van der Waals surface area contributed by atoms with E-state index in [1.165, 1.54) is 0 Å². The summed E-state index contributed by atoms with van der Waals surface area (Å²) in [5, 5.41) is 11.2. The van der Waals surface area contributed by atoms with Crippen molar-refractivity contribution in [2.45, 2.75) is 18.8 Å². The van der Waals surface area contributed by atoms with Crippen LogP contribution >= 0.6 is 11.6 Å². The van der Waals surface area contributed by atoms with E-state index in [4.69, 9.17) is 11.6 Å². The third-order valence-electron chi connectivity index (χ3n) is 2.55. The van der Waals surface area contributed by atoms with E-state index in [-0.39, 0.29) is 13.0 Å². The molecule has 0 aromatic heterocycles. The molecule has 1 aromatic carbocycles. The van der Waals surface area contributed by atoms with Crippen LogP contribution in [0.25, 0.3) is 0 Å². The topological polar surface area (TPSA) is 60.2 Å². The Morgan fingerprint density at radius 3 is 2.44 bits per heavy atom. The quantitative estimate of drug-likeness (QED) is 0.452. The van der Waals surface area contributed by atoms with Crippen molar-refractivity contribution in [3.05, 3.63) is 45.0 Å². The van der Waals surface area contributed by atoms with Crippen LogP contribution in [0, 0.1) is 10.1 Å². The monoisotopic (exact) mass is 241 g/mol. The zero-order chi connectivity index (χ0) is 12.2. The lowest BCUT2D eigenvalue weighted by molar-refractivity contribution is -0.490. The highest BCUT2D eigenvalue weighted by Crippen LogP contribution is 2.28. The Morgan fingerprint density at radius 2 is 2.00 bits per heavy atom. The Hall–Kier alpha value is -1.42. The normalized spacial score (nSPS) is 14.1. The second-order valence-electron chi connectivity index (χ2n) is 3.93. The van der Waals surface area contributed by atoms with Crippen molar-refractivity contribution in [1.29, 1.82) is 0 Å². The fourth-order valence-corrected chi connectivity index (χ4v) is 1.72. The number of nitro groups is 1. The first-order valence-corrected chi connectivity index (χ1v) is 5.17. The number of benzene rings is 1. The number of carbonyl (C=O) groups is 1. The summed E-state index contributed by atoms with van der Waals surface area (Å²) in [6.07, 6.45) is 0.827. The predicted octanol–water partition coefficient (Wildman–Crippen LogP) is 2.46. The van der Waals surface area contributed by atoms with Crippen molar-refractivity contribution in [2.75, 3.05) is 6.54 Å². The van der Waals surface area contributed by atoms with Gasteiger partial charge in [-0.2, -0.15) is 0 Å². The third kappa shape index (κ3) is 3.03. The first-order chi connectivity index (χ1) is 7.48. The van der Waals surface area contributed by atoms with E-state index >= 15 is 0 Å². The molecule has 0 radical (unpaired) electrons. The molecule has 0 saturated carbocycles. The van der Waals surface area contributed by atoms with Crippen LogP contribution in [-0.2, 0) is 10.2 Å². The summed E-state index contributed by atoms with van der Waals surface area (Å²) in [6, 6.07) is 6.77. The van der Waals surface area contributed by atoms with Gasteiger partial charge in [-0.3, -0.25) is 10.1 Å². The van der Waals surface area contributed by atoms with E-state index in [0.29, 0.717) is 11.3 Å². The molecule has 0 fully saturated rings. The van der Waals surface area contributed by atoms with Crippen LogP contribution < -0.4 is 0 Å². The molecule has 0 aliphatic carbocycles. The van der Waals surface area contributed by atoms with Gasteiger partial charge >= 0.3 is 0 Å². The highest BCUT2D eigenvalue weighted by molar-refractivity contribution is 6.30. The highest BCUT2D eigenvalue weighted by atomic mass is 35.5. The van der Waals surface area contributed by atoms with Gasteiger partial charge in [0.05, 0.1) is 5.41 Å². The molecule has 0 unspecified atom stereocenters. The average Bonchev–Trinajstić information content (AvgIpc) is 2.17. The Morgan fingerprint density at radius 1 is 1.44 bits per heavy atom. The fourth-order valence-electron chi connectivity index (χ4n) is 1.59. The van der Waals surface area contributed by atoms with Gasteiger partial charge in [0.1, 0.15) is 6.29 Å². The van der Waals surface area contributed by atoms with Crippen molar-refractivity contribution in [1.82, 2.24) is 0 Å². The summed E-state index contributed by atoms with van der Waals surface area (Å²) in [4.78, 5) is 20.8. The molecule has 5 heteroatoms. The zero-order valence-electron chi connectivity index (χ0n) is 8.85. The van der Waals surface area contributed by atoms with Crippen molar-refractivity contribution < 1.29 is 9.72 Å². The van der Waals surface area contributed by atoms with Crippen LogP contribution in [0.5, 0.6) is 0 Å². The lowest BCUT2D eigenvalue weighted by Crippen LogP contribution is -2.31. The molecule has 0 N–H and O–H groups in total. The SMILES string of the molecule is C[C@@](CC=O)(C[N+](=O)[O-])c1ccc(Cl)cc1. The van der Waals surface area contributed by atoms with Crippen LogP contribution in [0.3, 0.4) is 0 Å². The molecule has 1 rings (SSSR count). The van der Waals surface area contributed by atoms with E-state index < -0.39 is 10.3 Å². The zero-order valence-corrected chi connectivity index (χ0v) is 9.61. The molecule has 0 aliphatic heterocycles. The highest BCUT2D eigenvalue weighted by Gasteiger charge is 2.32. The third-order valence-corrected chi connectivity index (χ3v) is 2.81. The summed E-state index contributed by atoms with van der Waals surface area (Å²) >= 11 is 5.74. The summed E-state index contributed by atoms with van der Waals surface area (Å²) in [7, 11) is 0. The lowest BCUT2D eigenvalue weighted by Gasteiger charge is -2.23. The van der Waals surface area contributed by atoms with Gasteiger partial charge in [-0.25, -0.2) is 0 Å². The van der Waals surface area contributed by atoms with Crippen LogP contribution in [0.15, 0.2) is 24.3 Å². The minimum atomic E-state index is -0.768. The molecule has 0 spiro atoms. The molecule has 0 saturated heterocycles. The fraction of sp³-hybridized carbons (Fsp3) is 0.364. The summed E-state index contributed by atoms with van der Waals surface area (Å²) in [5.74, 6) is 0. The van der Waals surface area contributed by atoms with Crippen molar-refractivity contribution in [2.24, 2.45) is 0 Å². The Labute approximate surface area is 98.4 Å². The standard InChI is InChI=1S/C11H12ClNO3/c1-11(6-7-14,8-13(15)16)9-2-4-10(12)5-3-9/h2-5,7H,6,8H2,1H3/t11-/m1/s1. The maximum absolute atomic E-state index is 10.6. The first-order valence-electron chi connectivity index (χ1n) is 4.79. The van der Waals surface area contributed by atoms with Crippen molar-refractivity contribution in [3.63, 3.8) is 0 Å². The molecule has 1 aromatic rings. The van der Waals surface area contributed by atoms with Crippen LogP contribution in [-0.4, -0.2) is 17.8 Å². The van der Waals surface area contributed by atoms with E-state index in [0.717, 1.165) is 5.56 Å². The predicted molar refractivity (Wildman–Crippen MR) is 61.3 cm³/mol. The van der Waals surface area contributed by atoms with E-state index in [1.54, 1.807) is 31.2 Å². The van der Waals surface area contributed by atoms with Crippen molar-refractivity contribution >= 4 is 17.9 Å². The largest absolute Gasteiger partial charge is 0.303 e. The van der Waals surface area contributed by atoms with Crippen molar-refractivity contribution in [3.8, 4) is 0 Å². The number of hydrogen-bond donors (Lipinski definition) is 0. The molecule has 86 valence electrons. The maximum Gasteiger partial charge on any atom is 0.213 e. The second-order valence-corrected chi connectivity index (χ2v) is 4.37. The van der Waals surface area contributed by atoms with E-state index in [9.17, 15) is 14.9 Å². The number of hydrogen-bond acceptors (Lipinski definition) is 3. The molecule has 4 nitrogen and oxygen atoms in total. The minimum absolute atomic E-state index is 0.121. The molecule has 0 heterocycles. The Bertz CT molecular complexity index is 391. The summed E-state index contributed by atoms with van der Waals surface area (Å²) < 4.78 is 0. The lowest BCUT2D eigenvalue weighted by atomic mass is 9.80. The second kappa shape index (κ2) is 5.07. The summed E-state index contributed by atoms with van der Waals surface area (Å²) in [5.41, 5.74) is -0.0174. The van der Waals surface area contributed by atoms with Gasteiger partial charge in [0, 0.05) is 16.4 Å². The molecule has 1 atom stereocenters. The van der Waals surface area contributed by atoms with Gasteiger partial charge in [-0.15, -0.1) is 0 Å². The smallest absolute Gasteiger partial charge is 0.213 e. The Kier molecular flexibility index (Phi) is 4.01. The van der Waals surface area contributed by atoms with Gasteiger partial charge in [0.2, 0.25) is 6.54 Å². The molecule has 0 aliphatic rings. The van der Waals surface area contributed by atoms with Gasteiger partial charge in [0.25, 0.3) is 0 Å². The molecular formula is C11H12ClNO3. The van der Waals surface area contributed by atoms with Crippen LogP contribution in [0.4, 0.5) is 0 Å². The Balaban J connectivity index is 3.04. The van der Waals surface area contributed by atoms with Gasteiger partial charge in [-0.05, 0) is 24.6 Å². The number of carbonyl (C=O) groups excluding carboxylic acids is 1. The van der Waals surface area contributed by atoms with Gasteiger partial charge < -0.3 is 4.79 Å². The maximum atomic E-state index is 10.6. The molecule has 0 bridgehead atoms. The molecule has 0 amide bonds. The molecular weight excluding hydrogens is 230 g/mol. The summed E-state index contributed by atoms with van der Waals surface area (Å²) in [6.45, 7) is 1.43. The number of halogens is 1. The number of rotatable bonds is 5. The molecule has 16 heavy (non-hydrogen) atoms. The first kappa shape index (κ1) is 12.6. The average molecular weight is 242 g/mol. The van der Waals surface area contributed by atoms with E-state index in [1.807, 2.05) is 0 Å². The van der Waals surface area contributed by atoms with Crippen LogP contribution in [0.1, 0.15) is 18.9 Å². The van der Waals surface area contributed by atoms with Gasteiger partial charge in [0.15, 0.2) is 0 Å². The van der Waals surface area contributed by atoms with E-state index in [2.05, 4.69) is 0 Å². The number of aldehydes is 1. The van der Waals surface area contributed by atoms with Gasteiger partial charge in [-0.1, -0.05) is 23.7 Å². The minimum Gasteiger partial charge on any atom is -0.303 e. The van der Waals surface area contributed by atoms with Crippen LogP contribution in [0.2, 0.25) is 5.02 Å².